The SMILES string of the molecule is CC(C=CCCN=O)[N+](=O)[O-]. The third-order valence-corrected chi connectivity index (χ3v) is 1.13. The second kappa shape index (κ2) is 5.52. The van der Waals surface area contributed by atoms with Gasteiger partial charge in [-0.3, -0.25) is 10.1 Å². The molecule has 1 atom stereocenters. The Balaban J connectivity index is 3.56. The van der Waals surface area contributed by atoms with E-state index in [1.165, 1.54) is 13.0 Å². The van der Waals surface area contributed by atoms with E-state index in [-0.39, 0.29) is 6.54 Å². The predicted molar refractivity (Wildman–Crippen MR) is 40.9 cm³/mol. The first-order valence-corrected chi connectivity index (χ1v) is 3.27. The first-order valence-electron chi connectivity index (χ1n) is 3.27. The molecule has 5 nitrogen and oxygen atoms in total. The maximum absolute atomic E-state index is 10.0. The van der Waals surface area contributed by atoms with E-state index in [1.807, 2.05) is 0 Å². The molecule has 0 N–H and O–H groups in total. The Hall–Kier alpha value is -1.26. The van der Waals surface area contributed by atoms with Gasteiger partial charge in [-0.05, 0) is 12.5 Å². The first kappa shape index (κ1) is 9.74. The van der Waals surface area contributed by atoms with E-state index in [2.05, 4.69) is 5.18 Å². The van der Waals surface area contributed by atoms with Gasteiger partial charge in [0.1, 0.15) is 0 Å². The zero-order valence-electron chi connectivity index (χ0n) is 6.27. The molecule has 0 heterocycles. The van der Waals surface area contributed by atoms with Crippen LogP contribution in [0.5, 0.6) is 0 Å². The predicted octanol–water partition coefficient (Wildman–Crippen LogP) is 1.36. The zero-order valence-corrected chi connectivity index (χ0v) is 6.27. The largest absolute Gasteiger partial charge is 0.264 e. The van der Waals surface area contributed by atoms with Gasteiger partial charge in [0.2, 0.25) is 6.04 Å². The number of nitrogens with zero attached hydrogens (tertiary/aromatic N) is 2. The molecule has 0 bridgehead atoms. The van der Waals surface area contributed by atoms with Crippen molar-refractivity contribution in [3.8, 4) is 0 Å². The molecule has 0 saturated heterocycles. The summed E-state index contributed by atoms with van der Waals surface area (Å²) >= 11 is 0. The Bertz CT molecular complexity index is 167. The minimum absolute atomic E-state index is 0.181. The van der Waals surface area contributed by atoms with Gasteiger partial charge in [-0.25, -0.2) is 0 Å². The van der Waals surface area contributed by atoms with Crippen LogP contribution < -0.4 is 0 Å². The molecular weight excluding hydrogens is 148 g/mol. The summed E-state index contributed by atoms with van der Waals surface area (Å²) in [6, 6.07) is -0.679. The summed E-state index contributed by atoms with van der Waals surface area (Å²) in [7, 11) is 0. The summed E-state index contributed by atoms with van der Waals surface area (Å²) in [5.74, 6) is 0. The monoisotopic (exact) mass is 158 g/mol. The molecule has 1 unspecified atom stereocenters. The van der Waals surface area contributed by atoms with Crippen LogP contribution in [0.1, 0.15) is 13.3 Å². The van der Waals surface area contributed by atoms with E-state index >= 15 is 0 Å². The third kappa shape index (κ3) is 5.20. The van der Waals surface area contributed by atoms with Crippen LogP contribution in [0.3, 0.4) is 0 Å². The van der Waals surface area contributed by atoms with Crippen molar-refractivity contribution in [3.05, 3.63) is 27.2 Å². The van der Waals surface area contributed by atoms with Crippen molar-refractivity contribution >= 4 is 0 Å². The van der Waals surface area contributed by atoms with Crippen molar-refractivity contribution in [3.63, 3.8) is 0 Å². The molecule has 0 saturated carbocycles. The highest BCUT2D eigenvalue weighted by Gasteiger charge is 2.05. The maximum atomic E-state index is 10.0. The molecular formula is C6H10N2O3. The van der Waals surface area contributed by atoms with Crippen LogP contribution in [0, 0.1) is 15.0 Å². The van der Waals surface area contributed by atoms with Crippen molar-refractivity contribution in [2.45, 2.75) is 19.4 Å². The van der Waals surface area contributed by atoms with Crippen molar-refractivity contribution in [1.82, 2.24) is 0 Å². The molecule has 0 radical (unpaired) electrons. The molecule has 0 aromatic heterocycles. The second-order valence-electron chi connectivity index (χ2n) is 2.10. The third-order valence-electron chi connectivity index (χ3n) is 1.13. The summed E-state index contributed by atoms with van der Waals surface area (Å²) in [5.41, 5.74) is 0. The minimum Gasteiger partial charge on any atom is -0.264 e. The summed E-state index contributed by atoms with van der Waals surface area (Å²) in [4.78, 5) is 19.2. The summed E-state index contributed by atoms with van der Waals surface area (Å²) < 4.78 is 0. The molecule has 62 valence electrons. The fourth-order valence-electron chi connectivity index (χ4n) is 0.491. The Morgan fingerprint density at radius 1 is 1.73 bits per heavy atom. The Labute approximate surface area is 64.2 Å². The summed E-state index contributed by atoms with van der Waals surface area (Å²) in [5, 5.41) is 12.6. The molecule has 0 fully saturated rings. The maximum Gasteiger partial charge on any atom is 0.228 e. The molecule has 5 heteroatoms. The van der Waals surface area contributed by atoms with Crippen LogP contribution in [0.25, 0.3) is 0 Å². The second-order valence-corrected chi connectivity index (χ2v) is 2.10. The van der Waals surface area contributed by atoms with E-state index in [9.17, 15) is 15.0 Å². The van der Waals surface area contributed by atoms with Gasteiger partial charge in [0.15, 0.2) is 0 Å². The van der Waals surface area contributed by atoms with Crippen LogP contribution in [0.15, 0.2) is 17.3 Å². The van der Waals surface area contributed by atoms with Crippen LogP contribution in [-0.2, 0) is 0 Å². The normalized spacial score (nSPS) is 13.2. The van der Waals surface area contributed by atoms with Crippen LogP contribution in [0.4, 0.5) is 0 Å². The van der Waals surface area contributed by atoms with Gasteiger partial charge in [0.05, 0.1) is 6.54 Å². The zero-order chi connectivity index (χ0) is 8.69. The average molecular weight is 158 g/mol. The lowest BCUT2D eigenvalue weighted by Crippen LogP contribution is -2.10. The smallest absolute Gasteiger partial charge is 0.228 e. The Kier molecular flexibility index (Phi) is 4.89. The number of hydrogen-bond donors (Lipinski definition) is 0. The highest BCUT2D eigenvalue weighted by Crippen LogP contribution is 1.92. The molecule has 0 aromatic carbocycles. The van der Waals surface area contributed by atoms with Gasteiger partial charge in [0.25, 0.3) is 0 Å². The van der Waals surface area contributed by atoms with E-state index < -0.39 is 11.0 Å². The van der Waals surface area contributed by atoms with E-state index in [1.54, 1.807) is 6.08 Å². The topological polar surface area (TPSA) is 72.6 Å². The summed E-state index contributed by atoms with van der Waals surface area (Å²) in [6.07, 6.45) is 3.52. The average Bonchev–Trinajstić information content (AvgIpc) is 1.97. The van der Waals surface area contributed by atoms with E-state index in [4.69, 9.17) is 0 Å². The molecule has 0 spiro atoms. The van der Waals surface area contributed by atoms with Gasteiger partial charge >= 0.3 is 0 Å². The van der Waals surface area contributed by atoms with Crippen molar-refractivity contribution < 1.29 is 4.92 Å². The first-order chi connectivity index (χ1) is 5.18. The fraction of sp³-hybridized carbons (Fsp3) is 0.667. The Morgan fingerprint density at radius 2 is 2.36 bits per heavy atom. The van der Waals surface area contributed by atoms with E-state index in [0.717, 1.165) is 0 Å². The number of nitroso groups, excluding NO2 is 1. The standard InChI is InChI=1S/C6H10N2O3/c1-6(8(10)11)4-2-3-5-7-9/h2,4,6H,3,5H2,1H3. The lowest BCUT2D eigenvalue weighted by Gasteiger charge is -1.93. The molecule has 0 aliphatic carbocycles. The van der Waals surface area contributed by atoms with Crippen LogP contribution in [0.2, 0.25) is 0 Å². The van der Waals surface area contributed by atoms with Crippen molar-refractivity contribution in [2.24, 2.45) is 5.18 Å². The van der Waals surface area contributed by atoms with E-state index in [0.29, 0.717) is 6.42 Å². The molecule has 0 aromatic rings. The van der Waals surface area contributed by atoms with Crippen molar-refractivity contribution in [2.75, 3.05) is 6.54 Å². The fourth-order valence-corrected chi connectivity index (χ4v) is 0.491. The number of nitro groups is 1. The molecule has 11 heavy (non-hydrogen) atoms. The summed E-state index contributed by atoms with van der Waals surface area (Å²) in [6.45, 7) is 1.66. The van der Waals surface area contributed by atoms with Crippen molar-refractivity contribution in [1.29, 1.82) is 0 Å². The van der Waals surface area contributed by atoms with Gasteiger partial charge in [0, 0.05) is 11.8 Å². The number of rotatable bonds is 5. The lowest BCUT2D eigenvalue weighted by atomic mass is 10.3. The lowest BCUT2D eigenvalue weighted by molar-refractivity contribution is -0.504. The highest BCUT2D eigenvalue weighted by molar-refractivity contribution is 4.86. The minimum atomic E-state index is -0.679. The quantitative estimate of drug-likeness (QED) is 0.199. The van der Waals surface area contributed by atoms with Gasteiger partial charge in [-0.1, -0.05) is 11.3 Å². The van der Waals surface area contributed by atoms with Crippen LogP contribution in [-0.4, -0.2) is 17.5 Å². The molecule has 0 amide bonds. The molecule has 0 aliphatic rings. The number of hydrogen-bond acceptors (Lipinski definition) is 4. The molecule has 0 rings (SSSR count). The van der Waals surface area contributed by atoms with Gasteiger partial charge in [-0.15, -0.1) is 0 Å². The highest BCUT2D eigenvalue weighted by atomic mass is 16.6. The molecule has 0 aliphatic heterocycles. The van der Waals surface area contributed by atoms with Gasteiger partial charge < -0.3 is 0 Å². The van der Waals surface area contributed by atoms with Gasteiger partial charge in [-0.2, -0.15) is 4.91 Å². The van der Waals surface area contributed by atoms with Crippen LogP contribution >= 0.6 is 0 Å². The Morgan fingerprint density at radius 3 is 2.82 bits per heavy atom.